The van der Waals surface area contributed by atoms with Gasteiger partial charge < -0.3 is 8.83 Å². The maximum Gasteiger partial charge on any atom is 0.241 e. The Morgan fingerprint density at radius 2 is 1.45 bits per heavy atom. The second kappa shape index (κ2) is 5.82. The third kappa shape index (κ3) is 2.98. The predicted molar refractivity (Wildman–Crippen MR) is 80.8 cm³/mol. The number of sulfonamides is 1. The molecule has 0 unspecified atom stereocenters. The average molecular weight is 317 g/mol. The highest BCUT2D eigenvalue weighted by molar-refractivity contribution is 7.89. The van der Waals surface area contributed by atoms with Gasteiger partial charge in [0.2, 0.25) is 10.0 Å². The monoisotopic (exact) mass is 317 g/mol. The van der Waals surface area contributed by atoms with E-state index in [1.807, 2.05) is 6.92 Å². The fraction of sp³-hybridized carbons (Fsp3) is 0.125. The molecule has 0 amide bonds. The van der Waals surface area contributed by atoms with Crippen LogP contribution in [0.25, 0.3) is 0 Å². The Kier molecular flexibility index (Phi) is 3.87. The van der Waals surface area contributed by atoms with Gasteiger partial charge in [-0.1, -0.05) is 17.7 Å². The molecule has 6 heteroatoms. The molecule has 0 aliphatic heterocycles. The SMILES string of the molecule is Cc1ccc(S(=O)(=O)NC(c2ccco2)c2ccco2)cc1. The summed E-state index contributed by atoms with van der Waals surface area (Å²) < 4.78 is 38.4. The van der Waals surface area contributed by atoms with Crippen LogP contribution in [0, 0.1) is 6.92 Å². The molecule has 0 aliphatic rings. The number of furan rings is 2. The number of hydrogen-bond donors (Lipinski definition) is 1. The summed E-state index contributed by atoms with van der Waals surface area (Å²) in [6, 6.07) is 12.7. The van der Waals surface area contributed by atoms with E-state index in [2.05, 4.69) is 4.72 Å². The molecule has 1 aromatic carbocycles. The van der Waals surface area contributed by atoms with Gasteiger partial charge >= 0.3 is 0 Å². The Labute approximate surface area is 128 Å². The maximum absolute atomic E-state index is 12.5. The van der Waals surface area contributed by atoms with Crippen LogP contribution < -0.4 is 4.72 Å². The van der Waals surface area contributed by atoms with Gasteiger partial charge in [-0.3, -0.25) is 0 Å². The lowest BCUT2D eigenvalue weighted by atomic mass is 10.2. The average Bonchev–Trinajstić information content (AvgIpc) is 3.19. The van der Waals surface area contributed by atoms with Crippen molar-refractivity contribution in [2.24, 2.45) is 0 Å². The Balaban J connectivity index is 1.95. The highest BCUT2D eigenvalue weighted by Gasteiger charge is 2.26. The fourth-order valence-corrected chi connectivity index (χ4v) is 3.28. The van der Waals surface area contributed by atoms with Crippen LogP contribution in [0.4, 0.5) is 0 Å². The first-order chi connectivity index (χ1) is 10.6. The zero-order valence-corrected chi connectivity index (χ0v) is 12.7. The van der Waals surface area contributed by atoms with Gasteiger partial charge in [0.15, 0.2) is 0 Å². The van der Waals surface area contributed by atoms with Crippen molar-refractivity contribution in [1.82, 2.24) is 4.72 Å². The Bertz CT molecular complexity index is 785. The van der Waals surface area contributed by atoms with Gasteiger partial charge in [0, 0.05) is 0 Å². The van der Waals surface area contributed by atoms with Gasteiger partial charge in [0.05, 0.1) is 17.4 Å². The molecule has 3 aromatic rings. The van der Waals surface area contributed by atoms with Crippen LogP contribution in [-0.2, 0) is 10.0 Å². The first-order valence-corrected chi connectivity index (χ1v) is 8.20. The largest absolute Gasteiger partial charge is 0.467 e. The van der Waals surface area contributed by atoms with E-state index in [0.29, 0.717) is 11.5 Å². The molecule has 0 bridgehead atoms. The highest BCUT2D eigenvalue weighted by Crippen LogP contribution is 2.25. The lowest BCUT2D eigenvalue weighted by Gasteiger charge is -2.15. The normalized spacial score (nSPS) is 11.9. The van der Waals surface area contributed by atoms with E-state index in [9.17, 15) is 8.42 Å². The molecule has 0 aliphatic carbocycles. The number of nitrogens with one attached hydrogen (secondary N) is 1. The molecule has 0 spiro atoms. The zero-order valence-electron chi connectivity index (χ0n) is 11.9. The summed E-state index contributed by atoms with van der Waals surface area (Å²) in [4.78, 5) is 0.196. The van der Waals surface area contributed by atoms with Gasteiger partial charge in [-0.25, -0.2) is 8.42 Å². The van der Waals surface area contributed by atoms with Crippen LogP contribution in [0.2, 0.25) is 0 Å². The van der Waals surface area contributed by atoms with Crippen LogP contribution in [0.3, 0.4) is 0 Å². The first kappa shape index (κ1) is 14.6. The molecule has 114 valence electrons. The van der Waals surface area contributed by atoms with Crippen molar-refractivity contribution in [1.29, 1.82) is 0 Å². The molecule has 2 aromatic heterocycles. The number of rotatable bonds is 5. The van der Waals surface area contributed by atoms with Crippen LogP contribution in [0.5, 0.6) is 0 Å². The topological polar surface area (TPSA) is 72.5 Å². The molecule has 2 heterocycles. The van der Waals surface area contributed by atoms with Crippen LogP contribution in [0.1, 0.15) is 23.1 Å². The minimum absolute atomic E-state index is 0.196. The molecule has 0 saturated carbocycles. The van der Waals surface area contributed by atoms with E-state index in [0.717, 1.165) is 5.56 Å². The van der Waals surface area contributed by atoms with E-state index in [4.69, 9.17) is 8.83 Å². The van der Waals surface area contributed by atoms with Crippen molar-refractivity contribution in [3.63, 3.8) is 0 Å². The van der Waals surface area contributed by atoms with E-state index in [1.54, 1.807) is 48.5 Å². The molecule has 0 atom stereocenters. The molecule has 1 N–H and O–H groups in total. The van der Waals surface area contributed by atoms with Gasteiger partial charge in [-0.05, 0) is 43.3 Å². The van der Waals surface area contributed by atoms with Crippen LogP contribution in [0.15, 0.2) is 74.8 Å². The van der Waals surface area contributed by atoms with Gasteiger partial charge in [-0.2, -0.15) is 4.72 Å². The number of hydrogen-bond acceptors (Lipinski definition) is 4. The third-order valence-corrected chi connectivity index (χ3v) is 4.70. The summed E-state index contributed by atoms with van der Waals surface area (Å²) in [5.41, 5.74) is 0.993. The summed E-state index contributed by atoms with van der Waals surface area (Å²) in [5.74, 6) is 0.927. The van der Waals surface area contributed by atoms with E-state index in [1.165, 1.54) is 12.5 Å². The Morgan fingerprint density at radius 1 is 0.909 bits per heavy atom. The van der Waals surface area contributed by atoms with E-state index < -0.39 is 16.1 Å². The second-order valence-corrected chi connectivity index (χ2v) is 6.61. The predicted octanol–water partition coefficient (Wildman–Crippen LogP) is 3.25. The summed E-state index contributed by atoms with van der Waals surface area (Å²) in [5, 5.41) is 0. The zero-order chi connectivity index (χ0) is 15.6. The molecule has 5 nitrogen and oxygen atoms in total. The summed E-state index contributed by atoms with van der Waals surface area (Å²) in [6.07, 6.45) is 2.98. The first-order valence-electron chi connectivity index (χ1n) is 6.72. The fourth-order valence-electron chi connectivity index (χ4n) is 2.11. The van der Waals surface area contributed by atoms with Gasteiger partial charge in [0.25, 0.3) is 0 Å². The minimum Gasteiger partial charge on any atom is -0.467 e. The van der Waals surface area contributed by atoms with Gasteiger partial charge in [0.1, 0.15) is 17.6 Å². The molecular formula is C16H15NO4S. The maximum atomic E-state index is 12.5. The minimum atomic E-state index is -3.70. The molecule has 3 rings (SSSR count). The van der Waals surface area contributed by atoms with Crippen molar-refractivity contribution in [3.8, 4) is 0 Å². The van der Waals surface area contributed by atoms with Crippen molar-refractivity contribution in [2.75, 3.05) is 0 Å². The van der Waals surface area contributed by atoms with Gasteiger partial charge in [-0.15, -0.1) is 0 Å². The van der Waals surface area contributed by atoms with E-state index >= 15 is 0 Å². The Hall–Kier alpha value is -2.31. The van der Waals surface area contributed by atoms with Crippen molar-refractivity contribution < 1.29 is 17.3 Å². The molecule has 0 saturated heterocycles. The van der Waals surface area contributed by atoms with E-state index in [-0.39, 0.29) is 4.90 Å². The summed E-state index contributed by atoms with van der Waals surface area (Å²) in [6.45, 7) is 1.90. The highest BCUT2D eigenvalue weighted by atomic mass is 32.2. The lowest BCUT2D eigenvalue weighted by Crippen LogP contribution is -2.29. The third-order valence-electron chi connectivity index (χ3n) is 3.26. The Morgan fingerprint density at radius 3 is 1.91 bits per heavy atom. The number of aryl methyl sites for hydroxylation is 1. The quantitative estimate of drug-likeness (QED) is 0.784. The summed E-state index contributed by atoms with van der Waals surface area (Å²) in [7, 11) is -3.70. The van der Waals surface area contributed by atoms with Crippen LogP contribution >= 0.6 is 0 Å². The van der Waals surface area contributed by atoms with Crippen LogP contribution in [-0.4, -0.2) is 8.42 Å². The smallest absolute Gasteiger partial charge is 0.241 e. The van der Waals surface area contributed by atoms with Crippen molar-refractivity contribution >= 4 is 10.0 Å². The van der Waals surface area contributed by atoms with Crippen molar-refractivity contribution in [2.45, 2.75) is 17.9 Å². The lowest BCUT2D eigenvalue weighted by molar-refractivity contribution is 0.414. The number of benzene rings is 1. The molecule has 0 radical (unpaired) electrons. The standard InChI is InChI=1S/C16H15NO4S/c1-12-6-8-13(9-7-12)22(18,19)17-16(14-4-2-10-20-14)15-5-3-11-21-15/h2-11,16-17H,1H3. The molecular weight excluding hydrogens is 302 g/mol. The molecule has 22 heavy (non-hydrogen) atoms. The summed E-state index contributed by atoms with van der Waals surface area (Å²) >= 11 is 0. The second-order valence-electron chi connectivity index (χ2n) is 4.90. The van der Waals surface area contributed by atoms with Crippen molar-refractivity contribution in [3.05, 3.63) is 78.1 Å². The molecule has 0 fully saturated rings.